The minimum atomic E-state index is -0.833. The molecule has 7 heteroatoms. The molecule has 0 unspecified atom stereocenters. The number of nitrogens with zero attached hydrogens (tertiary/aromatic N) is 3. The minimum absolute atomic E-state index is 0.302. The summed E-state index contributed by atoms with van der Waals surface area (Å²) in [6.07, 6.45) is 0.924. The van der Waals surface area contributed by atoms with Crippen LogP contribution in [0.15, 0.2) is 23.4 Å². The Bertz CT molecular complexity index is 586. The van der Waals surface area contributed by atoms with Gasteiger partial charge in [-0.1, -0.05) is 30.8 Å². The number of halogens is 2. The number of rotatable bonds is 6. The molecule has 0 atom stereocenters. The Labute approximate surface area is 120 Å². The first kappa shape index (κ1) is 14.9. The van der Waals surface area contributed by atoms with Gasteiger partial charge in [0.2, 0.25) is 0 Å². The third kappa shape index (κ3) is 3.16. The van der Waals surface area contributed by atoms with Crippen LogP contribution >= 0.6 is 11.8 Å². The van der Waals surface area contributed by atoms with Crippen molar-refractivity contribution in [1.82, 2.24) is 14.8 Å². The van der Waals surface area contributed by atoms with Crippen molar-refractivity contribution in [2.75, 3.05) is 0 Å². The summed E-state index contributed by atoms with van der Waals surface area (Å²) in [6, 6.07) is 4.17. The quantitative estimate of drug-likeness (QED) is 0.833. The zero-order chi connectivity index (χ0) is 14.5. The summed E-state index contributed by atoms with van der Waals surface area (Å²) in [4.78, 5) is 0. The second-order valence-electron chi connectivity index (χ2n) is 4.26. The number of nitrogens with two attached hydrogens (primary N) is 1. The molecule has 2 N–H and O–H groups in total. The highest BCUT2D eigenvalue weighted by molar-refractivity contribution is 7.98. The van der Waals surface area contributed by atoms with Crippen molar-refractivity contribution in [3.05, 3.63) is 41.2 Å². The molecule has 0 aliphatic heterocycles. The van der Waals surface area contributed by atoms with E-state index in [9.17, 15) is 8.78 Å². The van der Waals surface area contributed by atoms with Gasteiger partial charge in [0, 0.05) is 17.9 Å². The van der Waals surface area contributed by atoms with Gasteiger partial charge in [0.15, 0.2) is 16.8 Å². The molecule has 0 radical (unpaired) electrons. The summed E-state index contributed by atoms with van der Waals surface area (Å²) < 4.78 is 28.6. The molecule has 20 heavy (non-hydrogen) atoms. The summed E-state index contributed by atoms with van der Waals surface area (Å²) >= 11 is 1.33. The van der Waals surface area contributed by atoms with Crippen LogP contribution in [0.5, 0.6) is 0 Å². The van der Waals surface area contributed by atoms with Crippen LogP contribution in [0.1, 0.15) is 24.7 Å². The third-order valence-corrected chi connectivity index (χ3v) is 3.83. The molecular weight excluding hydrogens is 282 g/mol. The molecule has 0 bridgehead atoms. The Kier molecular flexibility index (Phi) is 5.08. The lowest BCUT2D eigenvalue weighted by Gasteiger charge is -2.08. The maximum atomic E-state index is 13.6. The normalized spacial score (nSPS) is 11.0. The number of benzene rings is 1. The molecule has 2 rings (SSSR count). The maximum Gasteiger partial charge on any atom is 0.191 e. The number of hydrogen-bond donors (Lipinski definition) is 1. The molecule has 4 nitrogen and oxygen atoms in total. The predicted molar refractivity (Wildman–Crippen MR) is 74.1 cm³/mol. The maximum absolute atomic E-state index is 13.6. The third-order valence-electron chi connectivity index (χ3n) is 2.81. The Morgan fingerprint density at radius 1 is 1.30 bits per heavy atom. The van der Waals surface area contributed by atoms with E-state index in [1.165, 1.54) is 17.8 Å². The van der Waals surface area contributed by atoms with Gasteiger partial charge >= 0.3 is 0 Å². The van der Waals surface area contributed by atoms with Gasteiger partial charge in [0.25, 0.3) is 0 Å². The number of hydrogen-bond acceptors (Lipinski definition) is 4. The molecule has 1 aromatic heterocycles. The van der Waals surface area contributed by atoms with E-state index in [0.717, 1.165) is 19.0 Å². The molecule has 2 aromatic rings. The van der Waals surface area contributed by atoms with Gasteiger partial charge in [-0.2, -0.15) is 0 Å². The van der Waals surface area contributed by atoms with E-state index in [4.69, 9.17) is 5.73 Å². The van der Waals surface area contributed by atoms with Gasteiger partial charge in [0.05, 0.1) is 6.54 Å². The highest BCUT2D eigenvalue weighted by Crippen LogP contribution is 2.24. The average Bonchev–Trinajstić information content (AvgIpc) is 2.83. The van der Waals surface area contributed by atoms with Gasteiger partial charge in [-0.15, -0.1) is 10.2 Å². The Hall–Kier alpha value is -1.47. The first-order chi connectivity index (χ1) is 9.67. The molecule has 1 heterocycles. The van der Waals surface area contributed by atoms with Crippen LogP contribution in [-0.2, 0) is 18.8 Å². The largest absolute Gasteiger partial charge is 0.324 e. The van der Waals surface area contributed by atoms with E-state index in [2.05, 4.69) is 10.2 Å². The second-order valence-corrected chi connectivity index (χ2v) is 5.20. The van der Waals surface area contributed by atoms with Crippen molar-refractivity contribution in [2.24, 2.45) is 5.73 Å². The first-order valence-electron chi connectivity index (χ1n) is 6.35. The molecule has 0 aliphatic carbocycles. The van der Waals surface area contributed by atoms with Gasteiger partial charge < -0.3 is 10.3 Å². The first-order valence-corrected chi connectivity index (χ1v) is 7.33. The predicted octanol–water partition coefficient (Wildman–Crippen LogP) is 2.72. The SMILES string of the molecule is CCCn1c(CN)nnc1SCc1cccc(F)c1F. The minimum Gasteiger partial charge on any atom is -0.324 e. The molecule has 0 spiro atoms. The van der Waals surface area contributed by atoms with Crippen molar-refractivity contribution in [1.29, 1.82) is 0 Å². The molecule has 0 saturated carbocycles. The number of thioether (sulfide) groups is 1. The Balaban J connectivity index is 2.14. The topological polar surface area (TPSA) is 56.7 Å². The van der Waals surface area contributed by atoms with Crippen molar-refractivity contribution >= 4 is 11.8 Å². The number of aromatic nitrogens is 3. The van der Waals surface area contributed by atoms with E-state index < -0.39 is 11.6 Å². The Morgan fingerprint density at radius 3 is 2.80 bits per heavy atom. The van der Waals surface area contributed by atoms with Gasteiger partial charge in [0.1, 0.15) is 5.82 Å². The molecule has 0 saturated heterocycles. The van der Waals surface area contributed by atoms with Gasteiger partial charge in [-0.05, 0) is 12.5 Å². The lowest BCUT2D eigenvalue weighted by atomic mass is 10.2. The zero-order valence-corrected chi connectivity index (χ0v) is 12.0. The standard InChI is InChI=1S/C13H16F2N4S/c1-2-6-19-11(7-16)17-18-13(19)20-8-9-4-3-5-10(14)12(9)15/h3-5H,2,6-8,16H2,1H3. The summed E-state index contributed by atoms with van der Waals surface area (Å²) in [5.41, 5.74) is 5.92. The molecular formula is C13H16F2N4S. The highest BCUT2D eigenvalue weighted by Gasteiger charge is 2.13. The second kappa shape index (κ2) is 6.81. The van der Waals surface area contributed by atoms with Crippen LogP contribution in [0.2, 0.25) is 0 Å². The van der Waals surface area contributed by atoms with E-state index in [0.29, 0.717) is 28.8 Å². The summed E-state index contributed by atoms with van der Waals surface area (Å²) in [5.74, 6) is -0.633. The van der Waals surface area contributed by atoms with E-state index in [1.807, 2.05) is 11.5 Å². The molecule has 108 valence electrons. The van der Waals surface area contributed by atoms with Crippen LogP contribution < -0.4 is 5.73 Å². The van der Waals surface area contributed by atoms with E-state index in [1.54, 1.807) is 6.07 Å². The smallest absolute Gasteiger partial charge is 0.191 e. The summed E-state index contributed by atoms with van der Waals surface area (Å²) in [5, 5.41) is 8.73. The average molecular weight is 298 g/mol. The Morgan fingerprint density at radius 2 is 2.10 bits per heavy atom. The van der Waals surface area contributed by atoms with E-state index in [-0.39, 0.29) is 0 Å². The van der Waals surface area contributed by atoms with Crippen LogP contribution in [-0.4, -0.2) is 14.8 Å². The van der Waals surface area contributed by atoms with Crippen molar-refractivity contribution in [2.45, 2.75) is 37.3 Å². The van der Waals surface area contributed by atoms with Gasteiger partial charge in [-0.3, -0.25) is 0 Å². The summed E-state index contributed by atoms with van der Waals surface area (Å²) in [7, 11) is 0. The fraction of sp³-hybridized carbons (Fsp3) is 0.385. The lowest BCUT2D eigenvalue weighted by molar-refractivity contribution is 0.502. The molecule has 0 fully saturated rings. The monoisotopic (exact) mass is 298 g/mol. The highest BCUT2D eigenvalue weighted by atomic mass is 32.2. The van der Waals surface area contributed by atoms with E-state index >= 15 is 0 Å². The fourth-order valence-corrected chi connectivity index (χ4v) is 2.79. The molecule has 0 aliphatic rings. The van der Waals surface area contributed by atoms with Crippen molar-refractivity contribution in [3.8, 4) is 0 Å². The van der Waals surface area contributed by atoms with Crippen LogP contribution in [0.4, 0.5) is 8.78 Å². The van der Waals surface area contributed by atoms with Crippen LogP contribution in [0.25, 0.3) is 0 Å². The fourth-order valence-electron chi connectivity index (χ4n) is 1.83. The molecule has 0 amide bonds. The van der Waals surface area contributed by atoms with Crippen LogP contribution in [0.3, 0.4) is 0 Å². The van der Waals surface area contributed by atoms with Crippen molar-refractivity contribution in [3.63, 3.8) is 0 Å². The summed E-state index contributed by atoms with van der Waals surface area (Å²) in [6.45, 7) is 3.11. The van der Waals surface area contributed by atoms with Crippen molar-refractivity contribution < 1.29 is 8.78 Å². The molecule has 1 aromatic carbocycles. The zero-order valence-electron chi connectivity index (χ0n) is 11.1. The van der Waals surface area contributed by atoms with Gasteiger partial charge in [-0.25, -0.2) is 8.78 Å². The lowest BCUT2D eigenvalue weighted by Crippen LogP contribution is -2.09. The van der Waals surface area contributed by atoms with Crippen LogP contribution in [0, 0.1) is 11.6 Å².